The molecule has 3 rings (SSSR count). The zero-order chi connectivity index (χ0) is 14.7. The molecule has 0 saturated carbocycles. The van der Waals surface area contributed by atoms with Crippen molar-refractivity contribution in [2.75, 3.05) is 18.5 Å². The number of rotatable bonds is 4. The predicted octanol–water partition coefficient (Wildman–Crippen LogP) is 2.39. The van der Waals surface area contributed by atoms with E-state index >= 15 is 0 Å². The molecule has 6 nitrogen and oxygen atoms in total. The van der Waals surface area contributed by atoms with Crippen molar-refractivity contribution in [1.82, 2.24) is 10.2 Å². The van der Waals surface area contributed by atoms with Crippen molar-refractivity contribution in [3.63, 3.8) is 0 Å². The number of ether oxygens (including phenoxy) is 2. The molecule has 2 N–H and O–H groups in total. The summed E-state index contributed by atoms with van der Waals surface area (Å²) in [7, 11) is 0. The predicted molar refractivity (Wildman–Crippen MR) is 78.0 cm³/mol. The van der Waals surface area contributed by atoms with Gasteiger partial charge >= 0.3 is 0 Å². The molecule has 0 saturated heterocycles. The van der Waals surface area contributed by atoms with Gasteiger partial charge in [-0.1, -0.05) is 13.3 Å². The SMILES string of the molecule is CCCc1cc(NC(=O)c2ccc3c(c2)OCCO3)n[nH]1. The zero-order valence-electron chi connectivity index (χ0n) is 11.8. The molecular formula is C15H17N3O3. The first-order valence-electron chi connectivity index (χ1n) is 7.01. The van der Waals surface area contributed by atoms with E-state index in [-0.39, 0.29) is 5.91 Å². The Morgan fingerprint density at radius 3 is 2.90 bits per heavy atom. The van der Waals surface area contributed by atoms with E-state index < -0.39 is 0 Å². The van der Waals surface area contributed by atoms with Crippen molar-refractivity contribution < 1.29 is 14.3 Å². The van der Waals surface area contributed by atoms with Crippen LogP contribution in [0.15, 0.2) is 24.3 Å². The summed E-state index contributed by atoms with van der Waals surface area (Å²) in [6.07, 6.45) is 1.94. The van der Waals surface area contributed by atoms with Crippen LogP contribution in [0.4, 0.5) is 5.82 Å². The standard InChI is InChI=1S/C15H17N3O3/c1-2-3-11-9-14(18-17-11)16-15(19)10-4-5-12-13(8-10)21-7-6-20-12/h4-5,8-9H,2-3,6-7H2,1H3,(H2,16,17,18,19). The number of nitrogens with one attached hydrogen (secondary N) is 2. The van der Waals surface area contributed by atoms with Gasteiger partial charge in [-0.3, -0.25) is 9.89 Å². The number of anilines is 1. The maximum atomic E-state index is 12.2. The van der Waals surface area contributed by atoms with Crippen LogP contribution in [0.1, 0.15) is 29.4 Å². The van der Waals surface area contributed by atoms with E-state index in [1.807, 2.05) is 6.07 Å². The molecule has 110 valence electrons. The number of fused-ring (bicyclic) bond motifs is 1. The molecule has 0 radical (unpaired) electrons. The average Bonchev–Trinajstić information content (AvgIpc) is 2.94. The third kappa shape index (κ3) is 2.99. The Hall–Kier alpha value is -2.50. The molecule has 1 aromatic heterocycles. The van der Waals surface area contributed by atoms with Crippen LogP contribution in [0.25, 0.3) is 0 Å². The van der Waals surface area contributed by atoms with Crippen LogP contribution in [-0.4, -0.2) is 29.3 Å². The molecule has 0 fully saturated rings. The number of carbonyl (C=O) groups excluding carboxylic acids is 1. The molecule has 6 heteroatoms. The molecule has 1 amide bonds. The van der Waals surface area contributed by atoms with E-state index in [1.165, 1.54) is 0 Å². The van der Waals surface area contributed by atoms with Gasteiger partial charge in [-0.25, -0.2) is 0 Å². The van der Waals surface area contributed by atoms with Gasteiger partial charge in [0.2, 0.25) is 0 Å². The highest BCUT2D eigenvalue weighted by Gasteiger charge is 2.15. The summed E-state index contributed by atoms with van der Waals surface area (Å²) in [5.41, 5.74) is 1.52. The Morgan fingerprint density at radius 2 is 2.10 bits per heavy atom. The Kier molecular flexibility index (Phi) is 3.77. The molecule has 1 aliphatic heterocycles. The van der Waals surface area contributed by atoms with E-state index in [0.29, 0.717) is 36.1 Å². The largest absolute Gasteiger partial charge is 0.486 e. The maximum absolute atomic E-state index is 12.2. The Morgan fingerprint density at radius 1 is 1.29 bits per heavy atom. The number of aromatic amines is 1. The molecule has 0 spiro atoms. The Labute approximate surface area is 122 Å². The normalized spacial score (nSPS) is 13.0. The smallest absolute Gasteiger partial charge is 0.257 e. The third-order valence-corrected chi connectivity index (χ3v) is 3.20. The van der Waals surface area contributed by atoms with Crippen molar-refractivity contribution in [1.29, 1.82) is 0 Å². The molecular weight excluding hydrogens is 270 g/mol. The fourth-order valence-electron chi connectivity index (χ4n) is 2.20. The number of benzene rings is 1. The van der Waals surface area contributed by atoms with Gasteiger partial charge in [0.25, 0.3) is 5.91 Å². The average molecular weight is 287 g/mol. The highest BCUT2D eigenvalue weighted by Crippen LogP contribution is 2.30. The highest BCUT2D eigenvalue weighted by molar-refractivity contribution is 6.04. The minimum atomic E-state index is -0.221. The Balaban J connectivity index is 1.72. The summed E-state index contributed by atoms with van der Waals surface area (Å²) in [5, 5.41) is 9.75. The summed E-state index contributed by atoms with van der Waals surface area (Å²) in [5.74, 6) is 1.57. The van der Waals surface area contributed by atoms with Crippen molar-refractivity contribution in [3.05, 3.63) is 35.5 Å². The summed E-state index contributed by atoms with van der Waals surface area (Å²) in [4.78, 5) is 12.2. The maximum Gasteiger partial charge on any atom is 0.257 e. The second kappa shape index (κ2) is 5.87. The van der Waals surface area contributed by atoms with Gasteiger partial charge in [-0.15, -0.1) is 0 Å². The topological polar surface area (TPSA) is 76.2 Å². The van der Waals surface area contributed by atoms with Crippen molar-refractivity contribution in [2.24, 2.45) is 0 Å². The van der Waals surface area contributed by atoms with Crippen LogP contribution in [-0.2, 0) is 6.42 Å². The van der Waals surface area contributed by atoms with Gasteiger partial charge in [-0.05, 0) is 24.6 Å². The number of carbonyl (C=O) groups is 1. The number of aromatic nitrogens is 2. The van der Waals surface area contributed by atoms with Crippen molar-refractivity contribution >= 4 is 11.7 Å². The lowest BCUT2D eigenvalue weighted by molar-refractivity contribution is 0.102. The van der Waals surface area contributed by atoms with Crippen molar-refractivity contribution in [3.8, 4) is 11.5 Å². The molecule has 2 heterocycles. The molecule has 2 aromatic rings. The van der Waals surface area contributed by atoms with Gasteiger partial charge in [-0.2, -0.15) is 5.10 Å². The molecule has 1 aliphatic rings. The second-order valence-electron chi connectivity index (χ2n) is 4.84. The number of nitrogens with zero attached hydrogens (tertiary/aromatic N) is 1. The number of amides is 1. The quantitative estimate of drug-likeness (QED) is 0.905. The minimum absolute atomic E-state index is 0.221. The fraction of sp³-hybridized carbons (Fsp3) is 0.333. The second-order valence-corrected chi connectivity index (χ2v) is 4.84. The van der Waals surface area contributed by atoms with E-state index in [0.717, 1.165) is 18.5 Å². The van der Waals surface area contributed by atoms with Crippen molar-refractivity contribution in [2.45, 2.75) is 19.8 Å². The summed E-state index contributed by atoms with van der Waals surface area (Å²) in [6.45, 7) is 3.12. The first-order chi connectivity index (χ1) is 10.3. The van der Waals surface area contributed by atoms with Crippen LogP contribution >= 0.6 is 0 Å². The lowest BCUT2D eigenvalue weighted by Gasteiger charge is -2.18. The lowest BCUT2D eigenvalue weighted by atomic mass is 10.2. The number of aryl methyl sites for hydroxylation is 1. The van der Waals surface area contributed by atoms with Gasteiger partial charge in [0, 0.05) is 17.3 Å². The van der Waals surface area contributed by atoms with Crippen LogP contribution in [0, 0.1) is 0 Å². The van der Waals surface area contributed by atoms with Gasteiger partial charge < -0.3 is 14.8 Å². The Bertz CT molecular complexity index is 651. The fourth-order valence-corrected chi connectivity index (χ4v) is 2.20. The van der Waals surface area contributed by atoms with E-state index in [4.69, 9.17) is 9.47 Å². The summed E-state index contributed by atoms with van der Waals surface area (Å²) >= 11 is 0. The molecule has 0 atom stereocenters. The lowest BCUT2D eigenvalue weighted by Crippen LogP contribution is -2.17. The van der Waals surface area contributed by atoms with Gasteiger partial charge in [0.1, 0.15) is 13.2 Å². The first kappa shape index (κ1) is 13.5. The van der Waals surface area contributed by atoms with Crippen LogP contribution in [0.3, 0.4) is 0 Å². The van der Waals surface area contributed by atoms with Gasteiger partial charge in [0.05, 0.1) is 0 Å². The highest BCUT2D eigenvalue weighted by atomic mass is 16.6. The summed E-state index contributed by atoms with van der Waals surface area (Å²) in [6, 6.07) is 6.99. The van der Waals surface area contributed by atoms with Crippen LogP contribution in [0.5, 0.6) is 11.5 Å². The molecule has 1 aromatic carbocycles. The monoisotopic (exact) mass is 287 g/mol. The number of hydrogen-bond donors (Lipinski definition) is 2. The minimum Gasteiger partial charge on any atom is -0.486 e. The van der Waals surface area contributed by atoms with Gasteiger partial charge in [0.15, 0.2) is 17.3 Å². The molecule has 0 unspecified atom stereocenters. The molecule has 21 heavy (non-hydrogen) atoms. The van der Waals surface area contributed by atoms with Crippen LogP contribution in [0.2, 0.25) is 0 Å². The number of hydrogen-bond acceptors (Lipinski definition) is 4. The van der Waals surface area contributed by atoms with E-state index in [1.54, 1.807) is 18.2 Å². The zero-order valence-corrected chi connectivity index (χ0v) is 11.8. The molecule has 0 bridgehead atoms. The number of H-pyrrole nitrogens is 1. The first-order valence-corrected chi connectivity index (χ1v) is 7.01. The third-order valence-electron chi connectivity index (χ3n) is 3.20. The summed E-state index contributed by atoms with van der Waals surface area (Å²) < 4.78 is 10.9. The molecule has 0 aliphatic carbocycles. The van der Waals surface area contributed by atoms with Crippen LogP contribution < -0.4 is 14.8 Å². The van der Waals surface area contributed by atoms with E-state index in [2.05, 4.69) is 22.4 Å². The van der Waals surface area contributed by atoms with E-state index in [9.17, 15) is 4.79 Å².